The third kappa shape index (κ3) is 3.44. The summed E-state index contributed by atoms with van der Waals surface area (Å²) in [7, 11) is 0. The van der Waals surface area contributed by atoms with E-state index in [-0.39, 0.29) is 11.9 Å². The molecule has 0 aliphatic carbocycles. The van der Waals surface area contributed by atoms with Crippen LogP contribution < -0.4 is 5.32 Å². The molecule has 2 rings (SSSR count). The van der Waals surface area contributed by atoms with Crippen LogP contribution in [-0.2, 0) is 6.42 Å². The molecule has 0 aliphatic rings. The summed E-state index contributed by atoms with van der Waals surface area (Å²) in [4.78, 5) is 0. The number of benzene rings is 1. The summed E-state index contributed by atoms with van der Waals surface area (Å²) >= 11 is 0. The molecule has 1 aromatic heterocycles. The van der Waals surface area contributed by atoms with Gasteiger partial charge in [0.25, 0.3) is 0 Å². The third-order valence-electron chi connectivity index (χ3n) is 3.01. The van der Waals surface area contributed by atoms with Crippen LogP contribution in [-0.4, -0.2) is 6.54 Å². The molecule has 1 unspecified atom stereocenters. The monoisotopic (exact) mass is 247 g/mol. The van der Waals surface area contributed by atoms with Crippen LogP contribution >= 0.6 is 0 Å². The summed E-state index contributed by atoms with van der Waals surface area (Å²) in [6, 6.07) is 10.8. The van der Waals surface area contributed by atoms with E-state index in [0.717, 1.165) is 30.7 Å². The highest BCUT2D eigenvalue weighted by Crippen LogP contribution is 2.16. The number of hydrogen-bond donors (Lipinski definition) is 1. The van der Waals surface area contributed by atoms with E-state index >= 15 is 0 Å². The van der Waals surface area contributed by atoms with Crippen molar-refractivity contribution in [2.75, 3.05) is 6.54 Å². The average Bonchev–Trinajstić information content (AvgIpc) is 2.91. The molecule has 0 amide bonds. The van der Waals surface area contributed by atoms with Crippen molar-refractivity contribution in [2.45, 2.75) is 25.8 Å². The highest BCUT2D eigenvalue weighted by molar-refractivity contribution is 5.16. The predicted molar refractivity (Wildman–Crippen MR) is 69.8 cm³/mol. The van der Waals surface area contributed by atoms with Gasteiger partial charge < -0.3 is 9.73 Å². The van der Waals surface area contributed by atoms with Gasteiger partial charge in [-0.3, -0.25) is 0 Å². The van der Waals surface area contributed by atoms with E-state index in [0.29, 0.717) is 0 Å². The van der Waals surface area contributed by atoms with Gasteiger partial charge in [-0.2, -0.15) is 0 Å². The largest absolute Gasteiger partial charge is 0.468 e. The third-order valence-corrected chi connectivity index (χ3v) is 3.01. The summed E-state index contributed by atoms with van der Waals surface area (Å²) < 4.78 is 18.1. The zero-order valence-corrected chi connectivity index (χ0v) is 10.5. The Morgan fingerprint density at radius 1 is 1.22 bits per heavy atom. The molecule has 1 atom stereocenters. The van der Waals surface area contributed by atoms with Gasteiger partial charge in [-0.15, -0.1) is 0 Å². The normalized spacial score (nSPS) is 12.6. The fraction of sp³-hybridized carbons (Fsp3) is 0.333. The summed E-state index contributed by atoms with van der Waals surface area (Å²) in [5, 5.41) is 3.45. The topological polar surface area (TPSA) is 25.2 Å². The van der Waals surface area contributed by atoms with Crippen molar-refractivity contribution in [2.24, 2.45) is 0 Å². The van der Waals surface area contributed by atoms with Gasteiger partial charge in [-0.25, -0.2) is 4.39 Å². The van der Waals surface area contributed by atoms with Gasteiger partial charge in [0.2, 0.25) is 0 Å². The maximum absolute atomic E-state index is 12.7. The first-order chi connectivity index (χ1) is 8.79. The Hall–Kier alpha value is -1.61. The second-order valence-electron chi connectivity index (χ2n) is 4.31. The van der Waals surface area contributed by atoms with Crippen molar-refractivity contribution in [3.63, 3.8) is 0 Å². The molecule has 96 valence electrons. The Bertz CT molecular complexity index is 450. The number of furan rings is 1. The molecule has 1 N–H and O–H groups in total. The molecule has 0 spiro atoms. The van der Waals surface area contributed by atoms with Crippen LogP contribution in [0.1, 0.15) is 30.7 Å². The lowest BCUT2D eigenvalue weighted by molar-refractivity contribution is 0.406. The van der Waals surface area contributed by atoms with Gasteiger partial charge in [0.15, 0.2) is 0 Å². The molecule has 1 heterocycles. The maximum Gasteiger partial charge on any atom is 0.123 e. The molecule has 0 aliphatic heterocycles. The Balaban J connectivity index is 1.82. The minimum Gasteiger partial charge on any atom is -0.468 e. The molecule has 0 bridgehead atoms. The lowest BCUT2D eigenvalue weighted by Crippen LogP contribution is -2.22. The van der Waals surface area contributed by atoms with E-state index in [1.807, 2.05) is 24.3 Å². The predicted octanol–water partition coefficient (Wildman–Crippen LogP) is 3.70. The van der Waals surface area contributed by atoms with Crippen molar-refractivity contribution in [3.05, 3.63) is 59.8 Å². The fourth-order valence-electron chi connectivity index (χ4n) is 1.98. The van der Waals surface area contributed by atoms with Crippen LogP contribution in [0.5, 0.6) is 0 Å². The van der Waals surface area contributed by atoms with Crippen LogP contribution in [0.4, 0.5) is 4.39 Å². The van der Waals surface area contributed by atoms with Crippen LogP contribution in [0.15, 0.2) is 47.1 Å². The Morgan fingerprint density at radius 2 is 2.00 bits per heavy atom. The van der Waals surface area contributed by atoms with E-state index in [2.05, 4.69) is 12.2 Å². The van der Waals surface area contributed by atoms with Crippen molar-refractivity contribution in [3.8, 4) is 0 Å². The number of hydrogen-bond acceptors (Lipinski definition) is 2. The standard InChI is InChI=1S/C15H18FNO/c1-2-14(15-4-3-11-18-15)17-10-9-12-5-7-13(16)8-6-12/h3-8,11,14,17H,2,9-10H2,1H3. The van der Waals surface area contributed by atoms with E-state index in [1.54, 1.807) is 6.26 Å². The molecular weight excluding hydrogens is 229 g/mol. The fourth-order valence-corrected chi connectivity index (χ4v) is 1.98. The van der Waals surface area contributed by atoms with Crippen molar-refractivity contribution < 1.29 is 8.81 Å². The first kappa shape index (κ1) is 12.8. The Labute approximate surface area is 107 Å². The molecule has 0 radical (unpaired) electrons. The van der Waals surface area contributed by atoms with Crippen molar-refractivity contribution in [1.29, 1.82) is 0 Å². The van der Waals surface area contributed by atoms with Gasteiger partial charge >= 0.3 is 0 Å². The van der Waals surface area contributed by atoms with Crippen LogP contribution in [0.3, 0.4) is 0 Å². The second-order valence-corrected chi connectivity index (χ2v) is 4.31. The highest BCUT2D eigenvalue weighted by Gasteiger charge is 2.10. The van der Waals surface area contributed by atoms with Crippen LogP contribution in [0.2, 0.25) is 0 Å². The lowest BCUT2D eigenvalue weighted by Gasteiger charge is -2.14. The van der Waals surface area contributed by atoms with Crippen molar-refractivity contribution in [1.82, 2.24) is 5.32 Å². The average molecular weight is 247 g/mol. The summed E-state index contributed by atoms with van der Waals surface area (Å²) in [6.07, 6.45) is 3.56. The molecule has 1 aromatic carbocycles. The molecule has 0 fully saturated rings. The number of rotatable bonds is 6. The number of halogens is 1. The molecule has 3 heteroatoms. The quantitative estimate of drug-likeness (QED) is 0.842. The van der Waals surface area contributed by atoms with Crippen molar-refractivity contribution >= 4 is 0 Å². The first-order valence-electron chi connectivity index (χ1n) is 6.31. The first-order valence-corrected chi connectivity index (χ1v) is 6.31. The van der Waals surface area contributed by atoms with Crippen LogP contribution in [0, 0.1) is 5.82 Å². The summed E-state index contributed by atoms with van der Waals surface area (Å²) in [6.45, 7) is 2.98. The van der Waals surface area contributed by atoms with E-state index in [4.69, 9.17) is 4.42 Å². The van der Waals surface area contributed by atoms with Gasteiger partial charge in [0.05, 0.1) is 12.3 Å². The molecule has 0 saturated heterocycles. The lowest BCUT2D eigenvalue weighted by atomic mass is 10.1. The van der Waals surface area contributed by atoms with E-state index < -0.39 is 0 Å². The minimum atomic E-state index is -0.186. The van der Waals surface area contributed by atoms with Gasteiger partial charge in [0, 0.05) is 0 Å². The highest BCUT2D eigenvalue weighted by atomic mass is 19.1. The summed E-state index contributed by atoms with van der Waals surface area (Å²) in [5.41, 5.74) is 1.14. The molecule has 2 aromatic rings. The second kappa shape index (κ2) is 6.36. The summed E-state index contributed by atoms with van der Waals surface area (Å²) in [5.74, 6) is 0.783. The zero-order valence-electron chi connectivity index (χ0n) is 10.5. The molecular formula is C15H18FNO. The van der Waals surface area contributed by atoms with E-state index in [1.165, 1.54) is 12.1 Å². The van der Waals surface area contributed by atoms with Gasteiger partial charge in [-0.1, -0.05) is 19.1 Å². The smallest absolute Gasteiger partial charge is 0.123 e. The van der Waals surface area contributed by atoms with Gasteiger partial charge in [0.1, 0.15) is 11.6 Å². The zero-order chi connectivity index (χ0) is 12.8. The number of nitrogens with one attached hydrogen (secondary N) is 1. The van der Waals surface area contributed by atoms with Gasteiger partial charge in [-0.05, 0) is 49.2 Å². The Kier molecular flexibility index (Phi) is 4.53. The maximum atomic E-state index is 12.7. The molecule has 2 nitrogen and oxygen atoms in total. The molecule has 0 saturated carbocycles. The Morgan fingerprint density at radius 3 is 2.61 bits per heavy atom. The molecule has 18 heavy (non-hydrogen) atoms. The SMILES string of the molecule is CCC(NCCc1ccc(F)cc1)c1ccco1. The van der Waals surface area contributed by atoms with Crippen LogP contribution in [0.25, 0.3) is 0 Å². The van der Waals surface area contributed by atoms with E-state index in [9.17, 15) is 4.39 Å². The minimum absolute atomic E-state index is 0.186.